The number of rotatable bonds is 9. The summed E-state index contributed by atoms with van der Waals surface area (Å²) < 4.78 is 33.7. The first-order valence-electron chi connectivity index (χ1n) is 12.2. The second kappa shape index (κ2) is 12.1. The van der Waals surface area contributed by atoms with E-state index >= 15 is 0 Å². The number of ether oxygens (including phenoxy) is 1. The Kier molecular flexibility index (Phi) is 8.87. The first kappa shape index (κ1) is 27.1. The molecule has 3 aromatic rings. The van der Waals surface area contributed by atoms with Gasteiger partial charge in [-0.1, -0.05) is 59.6 Å². The molecule has 1 heterocycles. The third-order valence-electron chi connectivity index (χ3n) is 6.33. The topological polar surface area (TPSA) is 79.0 Å². The number of anilines is 1. The standard InChI is InChI=1S/C28H32ClN3O4S/c1-21-6-10-26(11-7-21)37(34,35)32(25-9-8-22(2)27(29)17-25)20-28(33)30-18-23-4-3-5-24(16-23)19-31-12-14-36-15-13-31/h3-11,16-17H,12-15,18-20H2,1-2H3,(H,30,33). The molecular weight excluding hydrogens is 510 g/mol. The maximum atomic E-state index is 13.6. The van der Waals surface area contributed by atoms with Gasteiger partial charge >= 0.3 is 0 Å². The SMILES string of the molecule is Cc1ccc(S(=O)(=O)N(CC(=O)NCc2cccc(CN3CCOCC3)c2)c2ccc(C)c(Cl)c2)cc1. The van der Waals surface area contributed by atoms with Crippen molar-refractivity contribution in [3.8, 4) is 0 Å². The minimum atomic E-state index is -4.00. The first-order valence-corrected chi connectivity index (χ1v) is 14.0. The Labute approximate surface area is 224 Å². The number of hydrogen-bond acceptors (Lipinski definition) is 5. The van der Waals surface area contributed by atoms with Gasteiger partial charge in [-0.3, -0.25) is 14.0 Å². The van der Waals surface area contributed by atoms with Crippen LogP contribution in [0.1, 0.15) is 22.3 Å². The van der Waals surface area contributed by atoms with Crippen molar-refractivity contribution in [2.45, 2.75) is 31.8 Å². The lowest BCUT2D eigenvalue weighted by Crippen LogP contribution is -2.40. The van der Waals surface area contributed by atoms with Crippen molar-refractivity contribution < 1.29 is 17.9 Å². The second-order valence-corrected chi connectivity index (χ2v) is 11.5. The number of aryl methyl sites for hydroxylation is 2. The van der Waals surface area contributed by atoms with Gasteiger partial charge in [0.1, 0.15) is 6.54 Å². The molecule has 1 saturated heterocycles. The lowest BCUT2D eigenvalue weighted by molar-refractivity contribution is -0.119. The van der Waals surface area contributed by atoms with Crippen molar-refractivity contribution in [3.63, 3.8) is 0 Å². The van der Waals surface area contributed by atoms with Gasteiger partial charge in [0.05, 0.1) is 23.8 Å². The molecule has 1 aliphatic rings. The number of nitrogens with zero attached hydrogens (tertiary/aromatic N) is 2. The van der Waals surface area contributed by atoms with Gasteiger partial charge < -0.3 is 10.1 Å². The van der Waals surface area contributed by atoms with Crippen LogP contribution in [0.5, 0.6) is 0 Å². The van der Waals surface area contributed by atoms with Crippen LogP contribution >= 0.6 is 11.6 Å². The monoisotopic (exact) mass is 541 g/mol. The lowest BCUT2D eigenvalue weighted by atomic mass is 10.1. The molecule has 0 atom stereocenters. The molecule has 1 fully saturated rings. The first-order chi connectivity index (χ1) is 17.7. The molecule has 37 heavy (non-hydrogen) atoms. The van der Waals surface area contributed by atoms with E-state index in [9.17, 15) is 13.2 Å². The molecule has 1 amide bonds. The van der Waals surface area contributed by atoms with E-state index in [2.05, 4.69) is 22.3 Å². The number of hydrogen-bond donors (Lipinski definition) is 1. The zero-order valence-corrected chi connectivity index (χ0v) is 22.7. The fraction of sp³-hybridized carbons (Fsp3) is 0.321. The normalized spacial score (nSPS) is 14.4. The predicted molar refractivity (Wildman–Crippen MR) is 146 cm³/mol. The van der Waals surface area contributed by atoms with Crippen molar-refractivity contribution >= 4 is 33.2 Å². The van der Waals surface area contributed by atoms with E-state index in [1.807, 2.05) is 26.0 Å². The maximum absolute atomic E-state index is 13.6. The van der Waals surface area contributed by atoms with Gasteiger partial charge in [-0.15, -0.1) is 0 Å². The van der Waals surface area contributed by atoms with Gasteiger partial charge in [-0.2, -0.15) is 0 Å². The van der Waals surface area contributed by atoms with E-state index in [0.717, 1.165) is 59.4 Å². The highest BCUT2D eigenvalue weighted by Gasteiger charge is 2.27. The number of benzene rings is 3. The number of carbonyl (C=O) groups excluding carboxylic acids is 1. The Morgan fingerprint density at radius 2 is 1.70 bits per heavy atom. The highest BCUT2D eigenvalue weighted by Crippen LogP contribution is 2.28. The Hall–Kier alpha value is -2.91. The quantitative estimate of drug-likeness (QED) is 0.437. The fourth-order valence-corrected chi connectivity index (χ4v) is 5.72. The summed E-state index contributed by atoms with van der Waals surface area (Å²) in [6.07, 6.45) is 0. The van der Waals surface area contributed by atoms with Crippen molar-refractivity contribution in [2.75, 3.05) is 37.2 Å². The van der Waals surface area contributed by atoms with Gasteiger partial charge in [0, 0.05) is 31.2 Å². The average molecular weight is 542 g/mol. The molecule has 1 aliphatic heterocycles. The number of carbonyl (C=O) groups is 1. The molecule has 7 nitrogen and oxygen atoms in total. The molecule has 0 saturated carbocycles. The molecule has 4 rings (SSSR count). The third kappa shape index (κ3) is 7.11. The highest BCUT2D eigenvalue weighted by atomic mass is 35.5. The van der Waals surface area contributed by atoms with Gasteiger partial charge in [0.2, 0.25) is 5.91 Å². The van der Waals surface area contributed by atoms with Crippen molar-refractivity contribution in [1.82, 2.24) is 10.2 Å². The van der Waals surface area contributed by atoms with Gasteiger partial charge in [-0.05, 0) is 54.8 Å². The summed E-state index contributed by atoms with van der Waals surface area (Å²) in [7, 11) is -4.00. The van der Waals surface area contributed by atoms with Gasteiger partial charge in [0.15, 0.2) is 0 Å². The summed E-state index contributed by atoms with van der Waals surface area (Å²) in [6, 6.07) is 19.6. The molecule has 0 unspecified atom stereocenters. The minimum absolute atomic E-state index is 0.110. The van der Waals surface area contributed by atoms with Gasteiger partial charge in [-0.25, -0.2) is 8.42 Å². The van der Waals surface area contributed by atoms with E-state index in [0.29, 0.717) is 17.3 Å². The maximum Gasteiger partial charge on any atom is 0.264 e. The van der Waals surface area contributed by atoms with Crippen LogP contribution in [0.4, 0.5) is 5.69 Å². The predicted octanol–water partition coefficient (Wildman–Crippen LogP) is 4.30. The number of morpholine rings is 1. The zero-order valence-electron chi connectivity index (χ0n) is 21.1. The van der Waals surface area contributed by atoms with Crippen LogP contribution in [0.2, 0.25) is 5.02 Å². The fourth-order valence-electron chi connectivity index (χ4n) is 4.13. The molecule has 0 bridgehead atoms. The summed E-state index contributed by atoms with van der Waals surface area (Å²) in [5.74, 6) is -0.411. The van der Waals surface area contributed by atoms with E-state index in [1.54, 1.807) is 42.5 Å². The number of amides is 1. The van der Waals surface area contributed by atoms with Crippen LogP contribution in [0, 0.1) is 13.8 Å². The van der Waals surface area contributed by atoms with Crippen molar-refractivity contribution in [2.24, 2.45) is 0 Å². The smallest absolute Gasteiger partial charge is 0.264 e. The number of sulfonamides is 1. The van der Waals surface area contributed by atoms with E-state index in [4.69, 9.17) is 16.3 Å². The van der Waals surface area contributed by atoms with E-state index < -0.39 is 15.9 Å². The van der Waals surface area contributed by atoms with E-state index in [1.165, 1.54) is 0 Å². The molecule has 0 spiro atoms. The molecule has 0 aromatic heterocycles. The van der Waals surface area contributed by atoms with Crippen molar-refractivity contribution in [3.05, 3.63) is 94.0 Å². The Bertz CT molecular complexity index is 1340. The minimum Gasteiger partial charge on any atom is -0.379 e. The van der Waals surface area contributed by atoms with Crippen LogP contribution in [-0.2, 0) is 32.6 Å². The Morgan fingerprint density at radius 3 is 2.41 bits per heavy atom. The molecule has 0 aliphatic carbocycles. The number of nitrogens with one attached hydrogen (secondary N) is 1. The van der Waals surface area contributed by atoms with Crippen LogP contribution in [-0.4, -0.2) is 52.1 Å². The second-order valence-electron chi connectivity index (χ2n) is 9.24. The molecule has 9 heteroatoms. The van der Waals surface area contributed by atoms with Crippen LogP contribution < -0.4 is 9.62 Å². The van der Waals surface area contributed by atoms with E-state index in [-0.39, 0.29) is 11.4 Å². The summed E-state index contributed by atoms with van der Waals surface area (Å²) in [4.78, 5) is 15.5. The van der Waals surface area contributed by atoms with Crippen LogP contribution in [0.15, 0.2) is 71.6 Å². The average Bonchev–Trinajstić information content (AvgIpc) is 2.89. The lowest BCUT2D eigenvalue weighted by Gasteiger charge is -2.26. The van der Waals surface area contributed by atoms with Crippen LogP contribution in [0.25, 0.3) is 0 Å². The zero-order chi connectivity index (χ0) is 26.4. The summed E-state index contributed by atoms with van der Waals surface area (Å²) in [5.41, 5.74) is 4.20. The van der Waals surface area contributed by atoms with Crippen LogP contribution in [0.3, 0.4) is 0 Å². The summed E-state index contributed by atoms with van der Waals surface area (Å²) >= 11 is 6.30. The highest BCUT2D eigenvalue weighted by molar-refractivity contribution is 7.92. The van der Waals surface area contributed by atoms with Gasteiger partial charge in [0.25, 0.3) is 10.0 Å². The molecular formula is C28H32ClN3O4S. The summed E-state index contributed by atoms with van der Waals surface area (Å²) in [5, 5.41) is 3.31. The molecule has 196 valence electrons. The Morgan fingerprint density at radius 1 is 1.00 bits per heavy atom. The molecule has 1 N–H and O–H groups in total. The molecule has 0 radical (unpaired) electrons. The molecule has 3 aromatic carbocycles. The largest absolute Gasteiger partial charge is 0.379 e. The summed E-state index contributed by atoms with van der Waals surface area (Å²) in [6.45, 7) is 7.74. The third-order valence-corrected chi connectivity index (χ3v) is 8.53. The van der Waals surface area contributed by atoms with Crippen molar-refractivity contribution in [1.29, 1.82) is 0 Å². The Balaban J connectivity index is 1.49. The number of halogens is 1.